The zero-order valence-corrected chi connectivity index (χ0v) is 8.23. The summed E-state index contributed by atoms with van der Waals surface area (Å²) in [6.07, 6.45) is 2.23. The van der Waals surface area contributed by atoms with Gasteiger partial charge in [0.1, 0.15) is 0 Å². The number of rotatable bonds is 0. The van der Waals surface area contributed by atoms with E-state index in [-0.39, 0.29) is 0 Å². The third-order valence-electron chi connectivity index (χ3n) is 1.00. The molecule has 0 aromatic carbocycles. The molecule has 1 rings (SSSR count). The highest BCUT2D eigenvalue weighted by Crippen LogP contribution is 1.83. The Balaban J connectivity index is 0.000000292. The maximum atomic E-state index is 9.08. The summed E-state index contributed by atoms with van der Waals surface area (Å²) in [7, 11) is -3.92. The van der Waals surface area contributed by atoms with Gasteiger partial charge in [-0.1, -0.05) is 4.68 Å². The van der Waals surface area contributed by atoms with Crippen molar-refractivity contribution in [2.24, 2.45) is 0 Å². The Morgan fingerprint density at radius 2 is 2.07 bits per heavy atom. The Morgan fingerprint density at radius 3 is 2.36 bits per heavy atom. The smallest absolute Gasteiger partial charge is 0.311 e. The van der Waals surface area contributed by atoms with E-state index in [1.807, 2.05) is 6.07 Å². The molecule has 7 heteroatoms. The van der Waals surface area contributed by atoms with E-state index in [0.29, 0.717) is 11.9 Å². The van der Waals surface area contributed by atoms with Gasteiger partial charge in [0.15, 0.2) is 6.07 Å². The second-order valence-corrected chi connectivity index (χ2v) is 3.72. The molecule has 0 saturated heterocycles. The van der Waals surface area contributed by atoms with Crippen molar-refractivity contribution in [1.29, 1.82) is 5.26 Å². The number of pyridine rings is 1. The Kier molecular flexibility index (Phi) is 4.55. The number of hydrogen-bond donors (Lipinski definition) is 1. The van der Waals surface area contributed by atoms with Crippen LogP contribution in [0.1, 0.15) is 5.69 Å². The van der Waals surface area contributed by atoms with Crippen molar-refractivity contribution in [2.75, 3.05) is 12.1 Å². The molecule has 1 aromatic heterocycles. The highest BCUT2D eigenvalue weighted by atomic mass is 32.2. The van der Waals surface area contributed by atoms with E-state index in [2.05, 4.69) is 0 Å². The van der Waals surface area contributed by atoms with Gasteiger partial charge in [0, 0.05) is 18.4 Å². The molecule has 0 unspecified atom stereocenters. The highest BCUT2D eigenvalue weighted by molar-refractivity contribution is 7.84. The van der Waals surface area contributed by atoms with E-state index in [0.717, 1.165) is 0 Å². The molecule has 0 aliphatic heterocycles. The average molecular weight is 215 g/mol. The van der Waals surface area contributed by atoms with Crippen LogP contribution in [0.15, 0.2) is 24.4 Å². The van der Waals surface area contributed by atoms with Gasteiger partial charge in [-0.2, -0.15) is 5.26 Å². The third kappa shape index (κ3) is 7.02. The maximum absolute atomic E-state index is 9.08. The molecule has 0 aliphatic carbocycles. The number of nitrogens with zero attached hydrogens (tertiary/aromatic N) is 2. The monoisotopic (exact) mass is 215 g/mol. The van der Waals surface area contributed by atoms with Crippen LogP contribution >= 0.6 is 0 Å². The third-order valence-corrected chi connectivity index (χ3v) is 1.00. The largest absolute Gasteiger partial charge is 0.748 e. The van der Waals surface area contributed by atoms with Crippen LogP contribution in [0.4, 0.5) is 0 Å². The number of aromatic nitrogens is 1. The highest BCUT2D eigenvalue weighted by Gasteiger charge is 2.00. The molecular weight excluding hydrogens is 206 g/mol. The lowest BCUT2D eigenvalue weighted by atomic mass is 10.4. The van der Waals surface area contributed by atoms with Crippen molar-refractivity contribution in [2.45, 2.75) is 0 Å². The summed E-state index contributed by atoms with van der Waals surface area (Å²) in [5.74, 6) is 5.33. The molecule has 76 valence electrons. The van der Waals surface area contributed by atoms with Gasteiger partial charge < -0.3 is 4.55 Å². The van der Waals surface area contributed by atoms with Crippen LogP contribution < -0.4 is 10.5 Å². The lowest BCUT2D eigenvalue weighted by molar-refractivity contribution is -0.641. The topological polar surface area (TPSA) is 111 Å². The molecule has 0 fully saturated rings. The van der Waals surface area contributed by atoms with Crippen LogP contribution in [-0.2, 0) is 10.1 Å². The summed E-state index contributed by atoms with van der Waals surface area (Å²) in [5, 5.41) is 8.37. The normalized spacial score (nSPS) is 9.50. The van der Waals surface area contributed by atoms with Crippen molar-refractivity contribution in [1.82, 2.24) is 0 Å². The summed E-state index contributed by atoms with van der Waals surface area (Å²) < 4.78 is 28.5. The van der Waals surface area contributed by atoms with Gasteiger partial charge in [-0.15, -0.1) is 0 Å². The van der Waals surface area contributed by atoms with Gasteiger partial charge in [-0.05, 0) is 6.07 Å². The molecule has 6 nitrogen and oxygen atoms in total. The second-order valence-electron chi connectivity index (χ2n) is 2.31. The molecule has 0 atom stereocenters. The molecule has 0 aliphatic rings. The SMILES string of the molecule is CS(=O)(=O)[O-].N#Cc1cccc[n+]1N. The fraction of sp³-hybridized carbons (Fsp3) is 0.143. The molecule has 14 heavy (non-hydrogen) atoms. The minimum Gasteiger partial charge on any atom is -0.748 e. The fourth-order valence-corrected chi connectivity index (χ4v) is 0.550. The number of nitrogens with two attached hydrogens (primary N) is 1. The minimum absolute atomic E-state index is 0.456. The van der Waals surface area contributed by atoms with E-state index >= 15 is 0 Å². The van der Waals surface area contributed by atoms with Crippen molar-refractivity contribution >= 4 is 10.1 Å². The zero-order chi connectivity index (χ0) is 11.2. The predicted octanol–water partition coefficient (Wildman–Crippen LogP) is -1.28. The van der Waals surface area contributed by atoms with Crippen LogP contribution in [0.3, 0.4) is 0 Å². The van der Waals surface area contributed by atoms with Crippen LogP contribution in [0.25, 0.3) is 0 Å². The van der Waals surface area contributed by atoms with Gasteiger partial charge in [-0.25, -0.2) is 14.3 Å². The lowest BCUT2D eigenvalue weighted by Crippen LogP contribution is -2.46. The first-order valence-electron chi connectivity index (χ1n) is 3.41. The standard InChI is InChI=1S/C6H6N3.CH4O3S/c7-5-6-3-1-2-4-9(6)8;1-5(2,3)4/h1-4H,8H2;1H3,(H,2,3,4)/q+1;/p-1. The Bertz CT molecular complexity index is 428. The summed E-state index contributed by atoms with van der Waals surface area (Å²) in [4.78, 5) is 0. The van der Waals surface area contributed by atoms with E-state index in [4.69, 9.17) is 24.1 Å². The van der Waals surface area contributed by atoms with E-state index in [9.17, 15) is 0 Å². The first-order chi connectivity index (χ1) is 6.34. The van der Waals surface area contributed by atoms with Crippen molar-refractivity contribution < 1.29 is 17.6 Å². The van der Waals surface area contributed by atoms with Crippen LogP contribution in [0.2, 0.25) is 0 Å². The van der Waals surface area contributed by atoms with Crippen molar-refractivity contribution in [3.05, 3.63) is 30.1 Å². The molecule has 0 spiro atoms. The van der Waals surface area contributed by atoms with Crippen LogP contribution in [0.5, 0.6) is 0 Å². The number of nitrogen functional groups attached to an aromatic ring is 1. The summed E-state index contributed by atoms with van der Waals surface area (Å²) in [6.45, 7) is 0. The molecule has 1 aromatic rings. The van der Waals surface area contributed by atoms with Crippen molar-refractivity contribution in [3.63, 3.8) is 0 Å². The quantitative estimate of drug-likeness (QED) is 0.329. The Labute approximate surface area is 81.9 Å². The second kappa shape index (κ2) is 5.16. The zero-order valence-electron chi connectivity index (χ0n) is 7.41. The molecule has 0 amide bonds. The predicted molar refractivity (Wildman–Crippen MR) is 47.1 cm³/mol. The molecule has 0 bridgehead atoms. The Hall–Kier alpha value is -1.65. The molecule has 1 heterocycles. The number of nitriles is 1. The first kappa shape index (κ1) is 12.3. The maximum Gasteiger partial charge on any atom is 0.311 e. The minimum atomic E-state index is -3.92. The molecule has 0 radical (unpaired) electrons. The van der Waals surface area contributed by atoms with Gasteiger partial charge in [-0.3, -0.25) is 0 Å². The molecule has 0 saturated carbocycles. The molecule has 2 N–H and O–H groups in total. The van der Waals surface area contributed by atoms with Crippen LogP contribution in [0, 0.1) is 11.3 Å². The summed E-state index contributed by atoms with van der Waals surface area (Å²) >= 11 is 0. The van der Waals surface area contributed by atoms with E-state index in [1.165, 1.54) is 4.68 Å². The summed E-state index contributed by atoms with van der Waals surface area (Å²) in [6, 6.07) is 7.12. The van der Waals surface area contributed by atoms with E-state index < -0.39 is 10.1 Å². The van der Waals surface area contributed by atoms with Crippen LogP contribution in [-0.4, -0.2) is 19.2 Å². The first-order valence-corrected chi connectivity index (χ1v) is 5.23. The average Bonchev–Trinajstić information content (AvgIpc) is 2.02. The molecular formula is C7H9N3O3S. The van der Waals surface area contributed by atoms with E-state index in [1.54, 1.807) is 24.4 Å². The summed E-state index contributed by atoms with van der Waals surface area (Å²) in [5.41, 5.74) is 0.456. The van der Waals surface area contributed by atoms with Crippen molar-refractivity contribution in [3.8, 4) is 6.07 Å². The Morgan fingerprint density at radius 1 is 1.57 bits per heavy atom. The van der Waals surface area contributed by atoms with Gasteiger partial charge in [0.25, 0.3) is 0 Å². The van der Waals surface area contributed by atoms with Gasteiger partial charge in [0.2, 0.25) is 6.20 Å². The number of hydrogen-bond acceptors (Lipinski definition) is 5. The van der Waals surface area contributed by atoms with Gasteiger partial charge >= 0.3 is 5.69 Å². The fourth-order valence-electron chi connectivity index (χ4n) is 0.550. The lowest BCUT2D eigenvalue weighted by Gasteiger charge is -1.90. The van der Waals surface area contributed by atoms with Gasteiger partial charge in [0.05, 0.1) is 10.1 Å².